The Hall–Kier alpha value is 0.0169. The molecule has 5 nitrogen and oxygen atoms in total. The highest BCUT2D eigenvalue weighted by Crippen LogP contribution is 2.05. The Kier molecular flexibility index (Phi) is 13.0. The molecule has 14 heavy (non-hydrogen) atoms. The van der Waals surface area contributed by atoms with Crippen LogP contribution in [0.15, 0.2) is 0 Å². The molecule has 0 bridgehead atoms. The van der Waals surface area contributed by atoms with Crippen molar-refractivity contribution in [1.29, 1.82) is 0 Å². The lowest BCUT2D eigenvalue weighted by atomic mass is 10.9. The van der Waals surface area contributed by atoms with Gasteiger partial charge in [-0.05, 0) is 21.0 Å². The second-order valence-corrected chi connectivity index (χ2v) is 5.31. The molecule has 0 saturated carbocycles. The molecule has 0 aliphatic carbocycles. The summed E-state index contributed by atoms with van der Waals surface area (Å²) < 4.78 is 20.5. The fourth-order valence-corrected chi connectivity index (χ4v) is 1.96. The van der Waals surface area contributed by atoms with Crippen molar-refractivity contribution in [2.24, 2.45) is 0 Å². The van der Waals surface area contributed by atoms with Gasteiger partial charge in [-0.25, -0.2) is 0 Å². The van der Waals surface area contributed by atoms with Gasteiger partial charge in [0.1, 0.15) is 6.23 Å². The topological polar surface area (TPSA) is 49.0 Å². The quantitative estimate of drug-likeness (QED) is 0.658. The summed E-state index contributed by atoms with van der Waals surface area (Å²) in [7, 11) is 5.99. The summed E-state index contributed by atoms with van der Waals surface area (Å²) in [5, 5.41) is 2.75. The first-order valence-corrected chi connectivity index (χ1v) is 6.41. The van der Waals surface area contributed by atoms with Crippen molar-refractivity contribution in [1.82, 2.24) is 5.32 Å². The third kappa shape index (κ3) is 7.42. The minimum atomic E-state index is -2.46. The maximum absolute atomic E-state index is 5.16. The zero-order valence-electron chi connectivity index (χ0n) is 10.0. The van der Waals surface area contributed by atoms with Gasteiger partial charge < -0.3 is 23.3 Å². The van der Waals surface area contributed by atoms with Crippen LogP contribution in [0.4, 0.5) is 0 Å². The van der Waals surface area contributed by atoms with E-state index in [1.54, 1.807) is 21.3 Å². The van der Waals surface area contributed by atoms with Gasteiger partial charge in [0.15, 0.2) is 0 Å². The Balaban J connectivity index is 0. The van der Waals surface area contributed by atoms with Crippen LogP contribution in [0, 0.1) is 0 Å². The smallest absolute Gasteiger partial charge is 0.377 e. The van der Waals surface area contributed by atoms with Crippen LogP contribution in [0.2, 0.25) is 0 Å². The molecule has 0 spiro atoms. The second-order valence-electron chi connectivity index (χ2n) is 2.43. The SMILES string of the molecule is CCOC[Si](OC)(OC)OC.CNC. The largest absolute Gasteiger partial charge is 0.527 e. The predicted octanol–water partition coefficient (Wildman–Crippen LogP) is 0.276. The normalized spacial score (nSPS) is 10.7. The lowest BCUT2D eigenvalue weighted by Gasteiger charge is -2.23. The molecule has 0 amide bonds. The van der Waals surface area contributed by atoms with Crippen molar-refractivity contribution >= 4 is 8.80 Å². The van der Waals surface area contributed by atoms with Crippen molar-refractivity contribution in [3.63, 3.8) is 0 Å². The van der Waals surface area contributed by atoms with E-state index < -0.39 is 8.80 Å². The van der Waals surface area contributed by atoms with E-state index in [-0.39, 0.29) is 0 Å². The second kappa shape index (κ2) is 11.1. The van der Waals surface area contributed by atoms with Gasteiger partial charge in [0.25, 0.3) is 0 Å². The van der Waals surface area contributed by atoms with E-state index in [0.717, 1.165) is 0 Å². The summed E-state index contributed by atoms with van der Waals surface area (Å²) in [4.78, 5) is 0. The Morgan fingerprint density at radius 3 is 1.57 bits per heavy atom. The third-order valence-electron chi connectivity index (χ3n) is 1.42. The fourth-order valence-electron chi connectivity index (χ4n) is 0.654. The molecule has 0 fully saturated rings. The predicted molar refractivity (Wildman–Crippen MR) is 58.3 cm³/mol. The van der Waals surface area contributed by atoms with E-state index in [1.165, 1.54) is 0 Å². The average Bonchev–Trinajstić information content (AvgIpc) is 2.22. The van der Waals surface area contributed by atoms with Crippen LogP contribution in [0.3, 0.4) is 0 Å². The maximum atomic E-state index is 5.16. The van der Waals surface area contributed by atoms with Gasteiger partial charge >= 0.3 is 8.80 Å². The van der Waals surface area contributed by atoms with Crippen LogP contribution < -0.4 is 5.32 Å². The molecule has 0 radical (unpaired) electrons. The molecule has 0 aliphatic heterocycles. The molecule has 6 heteroatoms. The highest BCUT2D eigenvalue weighted by molar-refractivity contribution is 6.60. The fraction of sp³-hybridized carbons (Fsp3) is 1.00. The number of rotatable bonds is 6. The third-order valence-corrected chi connectivity index (χ3v) is 3.84. The maximum Gasteiger partial charge on any atom is 0.527 e. The number of hydrogen-bond donors (Lipinski definition) is 1. The molecule has 0 saturated heterocycles. The number of hydrogen-bond acceptors (Lipinski definition) is 5. The zero-order valence-corrected chi connectivity index (χ0v) is 11.0. The van der Waals surface area contributed by atoms with Crippen LogP contribution in [-0.4, -0.2) is 57.1 Å². The lowest BCUT2D eigenvalue weighted by molar-refractivity contribution is 0.0676. The summed E-state index contributed by atoms with van der Waals surface area (Å²) >= 11 is 0. The van der Waals surface area contributed by atoms with Crippen LogP contribution in [0.25, 0.3) is 0 Å². The Morgan fingerprint density at radius 1 is 1.00 bits per heavy atom. The van der Waals surface area contributed by atoms with Crippen molar-refractivity contribution in [3.05, 3.63) is 0 Å². The first kappa shape index (κ1) is 16.4. The zero-order chi connectivity index (χ0) is 11.4. The van der Waals surface area contributed by atoms with Crippen LogP contribution >= 0.6 is 0 Å². The summed E-state index contributed by atoms with van der Waals surface area (Å²) in [6, 6.07) is 0. The van der Waals surface area contributed by atoms with Crippen molar-refractivity contribution in [2.75, 3.05) is 48.3 Å². The Labute approximate surface area is 88.1 Å². The van der Waals surface area contributed by atoms with Crippen molar-refractivity contribution in [2.45, 2.75) is 6.92 Å². The van der Waals surface area contributed by atoms with E-state index in [4.69, 9.17) is 18.0 Å². The van der Waals surface area contributed by atoms with Gasteiger partial charge in [0.05, 0.1) is 0 Å². The average molecular weight is 225 g/mol. The van der Waals surface area contributed by atoms with E-state index in [9.17, 15) is 0 Å². The summed E-state index contributed by atoms with van der Waals surface area (Å²) in [6.07, 6.45) is 0.410. The molecule has 0 unspecified atom stereocenters. The molecule has 0 heterocycles. The molecule has 0 aromatic carbocycles. The Bertz CT molecular complexity index is 103. The summed E-state index contributed by atoms with van der Waals surface area (Å²) in [5.41, 5.74) is 0. The highest BCUT2D eigenvalue weighted by atomic mass is 28.4. The van der Waals surface area contributed by atoms with Gasteiger partial charge in [0.2, 0.25) is 0 Å². The van der Waals surface area contributed by atoms with Crippen LogP contribution in [0.1, 0.15) is 6.92 Å². The van der Waals surface area contributed by atoms with Gasteiger partial charge in [0, 0.05) is 27.9 Å². The molecule has 0 aromatic rings. The molecular weight excluding hydrogens is 202 g/mol. The van der Waals surface area contributed by atoms with E-state index in [2.05, 4.69) is 5.32 Å². The van der Waals surface area contributed by atoms with Gasteiger partial charge in [-0.3, -0.25) is 0 Å². The first-order valence-electron chi connectivity index (χ1n) is 4.48. The highest BCUT2D eigenvalue weighted by Gasteiger charge is 2.38. The van der Waals surface area contributed by atoms with Gasteiger partial charge in [-0.1, -0.05) is 0 Å². The molecule has 0 atom stereocenters. The first-order chi connectivity index (χ1) is 6.66. The molecule has 0 aliphatic rings. The number of ether oxygens (including phenoxy) is 1. The minimum absolute atomic E-state index is 0.410. The van der Waals surface area contributed by atoms with E-state index in [0.29, 0.717) is 12.8 Å². The summed E-state index contributed by atoms with van der Waals surface area (Å²) in [6.45, 7) is 2.56. The Morgan fingerprint density at radius 2 is 1.36 bits per heavy atom. The van der Waals surface area contributed by atoms with Gasteiger partial charge in [-0.2, -0.15) is 0 Å². The molecule has 0 rings (SSSR count). The van der Waals surface area contributed by atoms with Crippen LogP contribution in [0.5, 0.6) is 0 Å². The molecular formula is C8H23NO4Si. The monoisotopic (exact) mass is 225 g/mol. The number of nitrogens with one attached hydrogen (secondary N) is 1. The molecule has 0 aromatic heterocycles. The van der Waals surface area contributed by atoms with Crippen LogP contribution in [-0.2, 0) is 18.0 Å². The minimum Gasteiger partial charge on any atom is -0.377 e. The van der Waals surface area contributed by atoms with E-state index >= 15 is 0 Å². The molecule has 88 valence electrons. The van der Waals surface area contributed by atoms with Crippen molar-refractivity contribution < 1.29 is 18.0 Å². The summed E-state index contributed by atoms with van der Waals surface area (Å²) in [5.74, 6) is 0. The standard InChI is InChI=1S/C6H16O4Si.C2H7N/c1-5-10-6-11(7-2,8-3)9-4;1-3-2/h5-6H2,1-4H3;3H,1-2H3. The van der Waals surface area contributed by atoms with E-state index in [1.807, 2.05) is 21.0 Å². The molecule has 1 N–H and O–H groups in total. The lowest BCUT2D eigenvalue weighted by Crippen LogP contribution is -2.48. The van der Waals surface area contributed by atoms with Crippen molar-refractivity contribution in [3.8, 4) is 0 Å². The van der Waals surface area contributed by atoms with Gasteiger partial charge in [-0.15, -0.1) is 0 Å².